The number of carbonyl (C=O) groups excluding carboxylic acids is 1. The number of aliphatic hydroxyl groups excluding tert-OH is 1. The molecule has 2 aliphatic rings. The van der Waals surface area contributed by atoms with E-state index in [1.807, 2.05) is 13.8 Å². The van der Waals surface area contributed by atoms with Gasteiger partial charge in [0.15, 0.2) is 0 Å². The van der Waals surface area contributed by atoms with E-state index in [4.69, 9.17) is 10.5 Å². The van der Waals surface area contributed by atoms with Crippen LogP contribution < -0.4 is 10.5 Å². The zero-order chi connectivity index (χ0) is 15.9. The molecule has 2 heterocycles. The van der Waals surface area contributed by atoms with E-state index in [1.54, 1.807) is 18.2 Å². The monoisotopic (exact) mass is 304 g/mol. The normalized spacial score (nSPS) is 27.8. The van der Waals surface area contributed by atoms with E-state index in [9.17, 15) is 9.90 Å². The first kappa shape index (κ1) is 15.3. The minimum absolute atomic E-state index is 0.154. The molecule has 3 rings (SSSR count). The number of carbonyl (C=O) groups is 1. The Bertz CT molecular complexity index is 579. The highest BCUT2D eigenvalue weighted by Gasteiger charge is 2.45. The predicted octanol–water partition coefficient (Wildman–Crippen LogP) is 1.84. The topological polar surface area (TPSA) is 75.8 Å². The van der Waals surface area contributed by atoms with Crippen molar-refractivity contribution < 1.29 is 14.6 Å². The molecule has 2 atom stereocenters. The molecule has 5 nitrogen and oxygen atoms in total. The summed E-state index contributed by atoms with van der Waals surface area (Å²) in [5.74, 6) is 0.274. The number of benzene rings is 1. The lowest BCUT2D eigenvalue weighted by Gasteiger charge is -2.47. The van der Waals surface area contributed by atoms with Crippen molar-refractivity contribution in [1.82, 2.24) is 4.90 Å². The minimum Gasteiger partial charge on any atom is -0.485 e. The Hall–Kier alpha value is -1.59. The van der Waals surface area contributed by atoms with Crippen LogP contribution in [-0.2, 0) is 0 Å². The summed E-state index contributed by atoms with van der Waals surface area (Å²) in [6.45, 7) is 5.72. The van der Waals surface area contributed by atoms with E-state index in [0.29, 0.717) is 5.56 Å². The molecule has 1 amide bonds. The van der Waals surface area contributed by atoms with Crippen molar-refractivity contribution in [3.8, 4) is 5.75 Å². The first-order chi connectivity index (χ1) is 10.4. The Morgan fingerprint density at radius 3 is 2.64 bits per heavy atom. The van der Waals surface area contributed by atoms with E-state index >= 15 is 0 Å². The van der Waals surface area contributed by atoms with Crippen LogP contribution in [0.25, 0.3) is 0 Å². The van der Waals surface area contributed by atoms with E-state index < -0.39 is 17.6 Å². The smallest absolute Gasteiger partial charge is 0.248 e. The van der Waals surface area contributed by atoms with Gasteiger partial charge in [0.05, 0.1) is 6.04 Å². The van der Waals surface area contributed by atoms with Crippen LogP contribution in [0.15, 0.2) is 18.2 Å². The average molecular weight is 304 g/mol. The number of piperidine rings is 1. The van der Waals surface area contributed by atoms with E-state index in [-0.39, 0.29) is 6.04 Å². The van der Waals surface area contributed by atoms with Crippen LogP contribution in [0.5, 0.6) is 5.75 Å². The molecule has 2 aliphatic heterocycles. The van der Waals surface area contributed by atoms with Gasteiger partial charge in [-0.2, -0.15) is 0 Å². The van der Waals surface area contributed by atoms with Crippen molar-refractivity contribution in [2.24, 2.45) is 5.73 Å². The van der Waals surface area contributed by atoms with E-state index in [0.717, 1.165) is 37.2 Å². The van der Waals surface area contributed by atoms with Gasteiger partial charge in [0, 0.05) is 11.1 Å². The van der Waals surface area contributed by atoms with Gasteiger partial charge in [-0.05, 0) is 58.0 Å². The number of primary amides is 1. The summed E-state index contributed by atoms with van der Waals surface area (Å²) >= 11 is 0. The SMILES string of the molecule is CC1(C)Oc2ccc(C(N)=O)cc2[C@@H](N2CCCCC2)[C@@H]1O. The lowest BCUT2D eigenvalue weighted by Crippen LogP contribution is -2.54. The molecule has 0 aromatic heterocycles. The lowest BCUT2D eigenvalue weighted by atomic mass is 9.84. The number of nitrogens with zero attached hydrogens (tertiary/aromatic N) is 1. The minimum atomic E-state index is -0.663. The van der Waals surface area contributed by atoms with Gasteiger partial charge in [-0.15, -0.1) is 0 Å². The molecule has 1 aromatic rings. The number of nitrogens with two attached hydrogens (primary N) is 1. The number of hydrogen-bond donors (Lipinski definition) is 2. The molecule has 1 saturated heterocycles. The Labute approximate surface area is 131 Å². The van der Waals surface area contributed by atoms with Crippen LogP contribution in [0, 0.1) is 0 Å². The molecule has 0 spiro atoms. The second-order valence-electron chi connectivity index (χ2n) is 6.81. The van der Waals surface area contributed by atoms with Crippen molar-refractivity contribution in [3.63, 3.8) is 0 Å². The van der Waals surface area contributed by atoms with Gasteiger partial charge in [-0.25, -0.2) is 0 Å². The fourth-order valence-corrected chi connectivity index (χ4v) is 3.51. The largest absolute Gasteiger partial charge is 0.485 e. The zero-order valence-corrected chi connectivity index (χ0v) is 13.2. The zero-order valence-electron chi connectivity index (χ0n) is 13.2. The first-order valence-corrected chi connectivity index (χ1v) is 7.95. The van der Waals surface area contributed by atoms with Gasteiger partial charge in [-0.3, -0.25) is 9.69 Å². The van der Waals surface area contributed by atoms with Crippen LogP contribution in [-0.4, -0.2) is 40.7 Å². The molecule has 0 bridgehead atoms. The fraction of sp³-hybridized carbons (Fsp3) is 0.588. The fourth-order valence-electron chi connectivity index (χ4n) is 3.51. The Kier molecular flexibility index (Phi) is 3.87. The van der Waals surface area contributed by atoms with E-state index in [1.165, 1.54) is 6.42 Å². The molecule has 3 N–H and O–H groups in total. The highest BCUT2D eigenvalue weighted by atomic mass is 16.5. The Balaban J connectivity index is 2.06. The molecule has 0 unspecified atom stereocenters. The van der Waals surface area contributed by atoms with Gasteiger partial charge >= 0.3 is 0 Å². The number of hydrogen-bond acceptors (Lipinski definition) is 4. The lowest BCUT2D eigenvalue weighted by molar-refractivity contribution is -0.0961. The summed E-state index contributed by atoms with van der Waals surface area (Å²) in [5, 5.41) is 10.8. The van der Waals surface area contributed by atoms with Crippen LogP contribution in [0.4, 0.5) is 0 Å². The summed E-state index contributed by atoms with van der Waals surface area (Å²) in [6.07, 6.45) is 2.85. The third-order valence-electron chi connectivity index (χ3n) is 4.78. The summed E-state index contributed by atoms with van der Waals surface area (Å²) in [4.78, 5) is 13.8. The molecule has 1 fully saturated rings. The van der Waals surface area contributed by atoms with Gasteiger partial charge in [0.1, 0.15) is 17.5 Å². The summed E-state index contributed by atoms with van der Waals surface area (Å²) in [5.41, 5.74) is 6.06. The Morgan fingerprint density at radius 2 is 2.00 bits per heavy atom. The number of amides is 1. The molecule has 0 radical (unpaired) electrons. The highest BCUT2D eigenvalue weighted by molar-refractivity contribution is 5.93. The number of fused-ring (bicyclic) bond motifs is 1. The maximum atomic E-state index is 11.5. The van der Waals surface area contributed by atoms with Crippen LogP contribution in [0.3, 0.4) is 0 Å². The molecule has 0 aliphatic carbocycles. The van der Waals surface area contributed by atoms with Crippen molar-refractivity contribution in [3.05, 3.63) is 29.3 Å². The van der Waals surface area contributed by atoms with Crippen molar-refractivity contribution in [1.29, 1.82) is 0 Å². The predicted molar refractivity (Wildman–Crippen MR) is 83.8 cm³/mol. The van der Waals surface area contributed by atoms with Crippen molar-refractivity contribution in [2.45, 2.75) is 50.9 Å². The molecule has 22 heavy (non-hydrogen) atoms. The third kappa shape index (κ3) is 2.59. The maximum absolute atomic E-state index is 11.5. The van der Waals surface area contributed by atoms with Crippen molar-refractivity contribution >= 4 is 5.91 Å². The van der Waals surface area contributed by atoms with Gasteiger partial charge in [-0.1, -0.05) is 6.42 Å². The third-order valence-corrected chi connectivity index (χ3v) is 4.78. The number of ether oxygens (including phenoxy) is 1. The number of likely N-dealkylation sites (tertiary alicyclic amines) is 1. The Morgan fingerprint density at radius 1 is 1.32 bits per heavy atom. The van der Waals surface area contributed by atoms with Crippen LogP contribution in [0.1, 0.15) is 55.1 Å². The quantitative estimate of drug-likeness (QED) is 0.874. The second-order valence-corrected chi connectivity index (χ2v) is 6.81. The van der Waals surface area contributed by atoms with Crippen molar-refractivity contribution in [2.75, 3.05) is 13.1 Å². The first-order valence-electron chi connectivity index (χ1n) is 7.95. The van der Waals surface area contributed by atoms with Crippen LogP contribution in [0.2, 0.25) is 0 Å². The summed E-state index contributed by atoms with van der Waals surface area (Å²) in [7, 11) is 0. The maximum Gasteiger partial charge on any atom is 0.248 e. The molecule has 1 aromatic carbocycles. The summed E-state index contributed by atoms with van der Waals surface area (Å²) < 4.78 is 5.96. The average Bonchev–Trinajstić information content (AvgIpc) is 2.48. The van der Waals surface area contributed by atoms with E-state index in [2.05, 4.69) is 4.90 Å². The second kappa shape index (κ2) is 5.56. The molecular formula is C17H24N2O3. The molecule has 5 heteroatoms. The number of rotatable bonds is 2. The van der Waals surface area contributed by atoms with Gasteiger partial charge in [0.25, 0.3) is 0 Å². The van der Waals surface area contributed by atoms with Crippen LogP contribution >= 0.6 is 0 Å². The number of aliphatic hydroxyl groups is 1. The molecule has 120 valence electrons. The van der Waals surface area contributed by atoms with Gasteiger partial charge < -0.3 is 15.6 Å². The van der Waals surface area contributed by atoms with Gasteiger partial charge in [0.2, 0.25) is 5.91 Å². The molecular weight excluding hydrogens is 280 g/mol. The summed E-state index contributed by atoms with van der Waals surface area (Å²) in [6, 6.07) is 5.09. The highest BCUT2D eigenvalue weighted by Crippen LogP contribution is 2.43. The molecule has 0 saturated carbocycles. The standard InChI is InChI=1S/C17H24N2O3/c1-17(2)15(20)14(19-8-4-3-5-9-19)12-10-11(16(18)21)6-7-13(12)22-17/h6-7,10,14-15,20H,3-5,8-9H2,1-2H3,(H2,18,21)/t14-,15+/m1/s1.